The SMILES string of the molecule is CCOc1ccc(-c2nc(NC(=O)CCS(=O)(=O)c3ccc(F)cc3)sc2C)cc1. The van der Waals surface area contributed by atoms with E-state index in [1.165, 1.54) is 23.5 Å². The first kappa shape index (κ1) is 21.9. The van der Waals surface area contributed by atoms with Crippen molar-refractivity contribution in [2.75, 3.05) is 17.7 Å². The van der Waals surface area contributed by atoms with E-state index in [9.17, 15) is 17.6 Å². The summed E-state index contributed by atoms with van der Waals surface area (Å²) in [6, 6.07) is 12.0. The second kappa shape index (κ2) is 9.36. The molecule has 3 aromatic rings. The highest BCUT2D eigenvalue weighted by Gasteiger charge is 2.18. The molecule has 0 fully saturated rings. The van der Waals surface area contributed by atoms with Crippen LogP contribution in [0.25, 0.3) is 11.3 Å². The molecule has 9 heteroatoms. The maximum absolute atomic E-state index is 13.0. The fraction of sp³-hybridized carbons (Fsp3) is 0.238. The highest BCUT2D eigenvalue weighted by molar-refractivity contribution is 7.91. The average molecular weight is 449 g/mol. The molecule has 1 amide bonds. The third kappa shape index (κ3) is 5.43. The zero-order valence-corrected chi connectivity index (χ0v) is 18.1. The van der Waals surface area contributed by atoms with Crippen molar-refractivity contribution in [1.29, 1.82) is 0 Å². The van der Waals surface area contributed by atoms with Crippen LogP contribution in [-0.4, -0.2) is 31.7 Å². The fourth-order valence-corrected chi connectivity index (χ4v) is 4.85. The van der Waals surface area contributed by atoms with Crippen molar-refractivity contribution in [3.63, 3.8) is 0 Å². The second-order valence-electron chi connectivity index (χ2n) is 6.45. The molecular weight excluding hydrogens is 427 g/mol. The molecule has 30 heavy (non-hydrogen) atoms. The molecular formula is C21H21FN2O4S2. The summed E-state index contributed by atoms with van der Waals surface area (Å²) in [6.45, 7) is 4.40. The number of hydrogen-bond donors (Lipinski definition) is 1. The lowest BCUT2D eigenvalue weighted by Gasteiger charge is -2.05. The molecule has 1 N–H and O–H groups in total. The van der Waals surface area contributed by atoms with Crippen molar-refractivity contribution >= 4 is 32.2 Å². The first-order valence-corrected chi connectivity index (χ1v) is 11.7. The maximum Gasteiger partial charge on any atom is 0.227 e. The van der Waals surface area contributed by atoms with Crippen LogP contribution in [0.1, 0.15) is 18.2 Å². The van der Waals surface area contributed by atoms with Crippen LogP contribution in [0.4, 0.5) is 9.52 Å². The predicted octanol–water partition coefficient (Wildman–Crippen LogP) is 4.46. The lowest BCUT2D eigenvalue weighted by molar-refractivity contribution is -0.115. The Kier molecular flexibility index (Phi) is 6.84. The topological polar surface area (TPSA) is 85.4 Å². The second-order valence-corrected chi connectivity index (χ2v) is 9.76. The van der Waals surface area contributed by atoms with Gasteiger partial charge in [-0.25, -0.2) is 17.8 Å². The Bertz CT molecular complexity index is 1120. The molecule has 3 rings (SSSR count). The van der Waals surface area contributed by atoms with Gasteiger partial charge in [0, 0.05) is 16.9 Å². The molecule has 1 heterocycles. The smallest absolute Gasteiger partial charge is 0.227 e. The molecule has 158 valence electrons. The van der Waals surface area contributed by atoms with Crippen LogP contribution >= 0.6 is 11.3 Å². The van der Waals surface area contributed by atoms with E-state index in [0.717, 1.165) is 34.0 Å². The van der Waals surface area contributed by atoms with Crippen molar-refractivity contribution in [2.24, 2.45) is 0 Å². The van der Waals surface area contributed by atoms with E-state index in [1.807, 2.05) is 38.1 Å². The number of anilines is 1. The van der Waals surface area contributed by atoms with Crippen LogP contribution in [0.3, 0.4) is 0 Å². The van der Waals surface area contributed by atoms with Gasteiger partial charge < -0.3 is 10.1 Å². The lowest BCUT2D eigenvalue weighted by atomic mass is 10.1. The van der Waals surface area contributed by atoms with Crippen LogP contribution in [-0.2, 0) is 14.6 Å². The fourth-order valence-electron chi connectivity index (χ4n) is 2.76. The predicted molar refractivity (Wildman–Crippen MR) is 115 cm³/mol. The van der Waals surface area contributed by atoms with Gasteiger partial charge in [0.1, 0.15) is 11.6 Å². The van der Waals surface area contributed by atoms with Crippen LogP contribution in [0, 0.1) is 12.7 Å². The molecule has 0 saturated heterocycles. The van der Waals surface area contributed by atoms with E-state index in [4.69, 9.17) is 4.74 Å². The zero-order chi connectivity index (χ0) is 21.7. The summed E-state index contributed by atoms with van der Waals surface area (Å²) < 4.78 is 43.0. The van der Waals surface area contributed by atoms with Gasteiger partial charge in [0.2, 0.25) is 5.91 Å². The van der Waals surface area contributed by atoms with Crippen LogP contribution in [0.5, 0.6) is 5.75 Å². The molecule has 0 saturated carbocycles. The normalized spacial score (nSPS) is 11.3. The molecule has 0 bridgehead atoms. The molecule has 0 aliphatic heterocycles. The van der Waals surface area contributed by atoms with Gasteiger partial charge in [-0.2, -0.15) is 0 Å². The van der Waals surface area contributed by atoms with Gasteiger partial charge in [-0.05, 0) is 62.4 Å². The van der Waals surface area contributed by atoms with Crippen molar-refractivity contribution in [3.8, 4) is 17.0 Å². The number of amides is 1. The summed E-state index contributed by atoms with van der Waals surface area (Å²) in [4.78, 5) is 17.6. The number of aromatic nitrogens is 1. The molecule has 0 atom stereocenters. The number of thiazole rings is 1. The van der Waals surface area contributed by atoms with Gasteiger partial charge in [-0.1, -0.05) is 0 Å². The Morgan fingerprint density at radius 1 is 1.13 bits per heavy atom. The number of rotatable bonds is 8. The van der Waals surface area contributed by atoms with Crippen LogP contribution in [0.15, 0.2) is 53.4 Å². The minimum Gasteiger partial charge on any atom is -0.494 e. The standard InChI is InChI=1S/C21H21FN2O4S2/c1-3-28-17-8-4-15(5-9-17)20-14(2)29-21(24-20)23-19(25)12-13-30(26,27)18-10-6-16(22)7-11-18/h4-11H,3,12-13H2,1-2H3,(H,23,24,25). The van der Waals surface area contributed by atoms with E-state index in [1.54, 1.807) is 0 Å². The Labute approximate surface area is 178 Å². The van der Waals surface area contributed by atoms with Crippen molar-refractivity contribution in [3.05, 3.63) is 59.2 Å². The Morgan fingerprint density at radius 3 is 2.43 bits per heavy atom. The maximum atomic E-state index is 13.0. The van der Waals surface area contributed by atoms with Gasteiger partial charge in [-0.15, -0.1) is 11.3 Å². The number of nitrogens with one attached hydrogen (secondary N) is 1. The number of halogens is 1. The monoisotopic (exact) mass is 448 g/mol. The van der Waals surface area contributed by atoms with Crippen LogP contribution in [0.2, 0.25) is 0 Å². The highest BCUT2D eigenvalue weighted by Crippen LogP contribution is 2.31. The van der Waals surface area contributed by atoms with Crippen molar-refractivity contribution < 1.29 is 22.3 Å². The van der Waals surface area contributed by atoms with E-state index >= 15 is 0 Å². The summed E-state index contributed by atoms with van der Waals surface area (Å²) in [5.74, 6) is -0.576. The van der Waals surface area contributed by atoms with E-state index in [2.05, 4.69) is 10.3 Å². The molecule has 0 spiro atoms. The molecule has 0 unspecified atom stereocenters. The highest BCUT2D eigenvalue weighted by atomic mass is 32.2. The number of nitrogens with zero attached hydrogens (tertiary/aromatic N) is 1. The molecule has 2 aromatic carbocycles. The summed E-state index contributed by atoms with van der Waals surface area (Å²) in [5.41, 5.74) is 1.64. The molecule has 0 aliphatic carbocycles. The first-order valence-electron chi connectivity index (χ1n) is 9.27. The zero-order valence-electron chi connectivity index (χ0n) is 16.5. The van der Waals surface area contributed by atoms with Gasteiger partial charge in [0.05, 0.1) is 22.9 Å². The minimum atomic E-state index is -3.68. The van der Waals surface area contributed by atoms with Gasteiger partial charge in [0.15, 0.2) is 15.0 Å². The molecule has 0 radical (unpaired) electrons. The van der Waals surface area contributed by atoms with Crippen molar-refractivity contribution in [2.45, 2.75) is 25.2 Å². The summed E-state index contributed by atoms with van der Waals surface area (Å²) in [5, 5.41) is 3.06. The average Bonchev–Trinajstić information content (AvgIpc) is 3.07. The van der Waals surface area contributed by atoms with E-state index < -0.39 is 21.6 Å². The quantitative estimate of drug-likeness (QED) is 0.514. The largest absolute Gasteiger partial charge is 0.494 e. The van der Waals surface area contributed by atoms with Crippen molar-refractivity contribution in [1.82, 2.24) is 4.98 Å². The number of hydrogen-bond acceptors (Lipinski definition) is 6. The Hall–Kier alpha value is -2.78. The van der Waals surface area contributed by atoms with E-state index in [0.29, 0.717) is 11.7 Å². The number of aryl methyl sites for hydroxylation is 1. The first-order chi connectivity index (χ1) is 14.3. The number of ether oxygens (including phenoxy) is 1. The number of carbonyl (C=O) groups excluding carboxylic acids is 1. The molecule has 0 aliphatic rings. The lowest BCUT2D eigenvalue weighted by Crippen LogP contribution is -2.17. The third-order valence-corrected chi connectivity index (χ3v) is 6.87. The van der Waals surface area contributed by atoms with E-state index in [-0.39, 0.29) is 17.1 Å². The minimum absolute atomic E-state index is 0.0143. The Morgan fingerprint density at radius 2 is 1.80 bits per heavy atom. The number of carbonyl (C=O) groups is 1. The summed E-state index contributed by atoms with van der Waals surface area (Å²) in [7, 11) is -3.68. The van der Waals surface area contributed by atoms with Gasteiger partial charge >= 0.3 is 0 Å². The van der Waals surface area contributed by atoms with Gasteiger partial charge in [0.25, 0.3) is 0 Å². The summed E-state index contributed by atoms with van der Waals surface area (Å²) in [6.07, 6.45) is -0.225. The van der Waals surface area contributed by atoms with Crippen LogP contribution < -0.4 is 10.1 Å². The third-order valence-electron chi connectivity index (χ3n) is 4.25. The number of sulfone groups is 1. The number of benzene rings is 2. The Balaban J connectivity index is 1.63. The van der Waals surface area contributed by atoms with Gasteiger partial charge in [-0.3, -0.25) is 4.79 Å². The molecule has 6 nitrogen and oxygen atoms in total. The summed E-state index contributed by atoms with van der Waals surface area (Å²) >= 11 is 1.32. The molecule has 1 aromatic heterocycles.